The van der Waals surface area contributed by atoms with Gasteiger partial charge >= 0.3 is 11.7 Å². The Hall–Kier alpha value is -3.17. The Morgan fingerprint density at radius 2 is 2.04 bits per heavy atom. The second-order valence-corrected chi connectivity index (χ2v) is 6.56. The number of esters is 1. The molecule has 3 heterocycles. The number of hydrogen-bond acceptors (Lipinski definition) is 7. The highest BCUT2D eigenvalue weighted by atomic mass is 16.5. The normalized spacial score (nSPS) is 16.5. The summed E-state index contributed by atoms with van der Waals surface area (Å²) in [6.45, 7) is 7.55. The summed E-state index contributed by atoms with van der Waals surface area (Å²) in [4.78, 5) is 42.2. The number of hydrogen-bond donors (Lipinski definition) is 0. The van der Waals surface area contributed by atoms with Crippen LogP contribution < -0.4 is 16.3 Å². The molecule has 3 rings (SSSR count). The van der Waals surface area contributed by atoms with Gasteiger partial charge in [0.1, 0.15) is 6.54 Å². The van der Waals surface area contributed by atoms with Crippen molar-refractivity contribution >= 4 is 28.8 Å². The minimum atomic E-state index is -0.452. The lowest BCUT2D eigenvalue weighted by Gasteiger charge is -2.28. The first-order valence-corrected chi connectivity index (χ1v) is 9.12. The van der Waals surface area contributed by atoms with E-state index in [-0.39, 0.29) is 31.4 Å². The van der Waals surface area contributed by atoms with E-state index in [4.69, 9.17) is 4.74 Å². The van der Waals surface area contributed by atoms with Crippen LogP contribution in [0.2, 0.25) is 0 Å². The summed E-state index contributed by atoms with van der Waals surface area (Å²) >= 11 is 0. The Morgan fingerprint density at radius 1 is 1.32 bits per heavy atom. The Balaban J connectivity index is 2.27. The zero-order chi connectivity index (χ0) is 20.6. The van der Waals surface area contributed by atoms with Gasteiger partial charge in [-0.15, -0.1) is 0 Å². The van der Waals surface area contributed by atoms with Crippen LogP contribution >= 0.6 is 0 Å². The number of aryl methyl sites for hydroxylation is 1. The number of imidazole rings is 1. The van der Waals surface area contributed by atoms with Gasteiger partial charge in [0.15, 0.2) is 11.2 Å². The molecule has 1 aliphatic heterocycles. The number of fused-ring (bicyclic) bond motifs is 3. The number of carbonyl (C=O) groups excluding carboxylic acids is 1. The van der Waals surface area contributed by atoms with Gasteiger partial charge < -0.3 is 4.74 Å². The fourth-order valence-electron chi connectivity index (χ4n) is 3.19. The molecule has 0 aromatic carbocycles. The van der Waals surface area contributed by atoms with Gasteiger partial charge in [-0.1, -0.05) is 12.2 Å². The van der Waals surface area contributed by atoms with E-state index in [1.54, 1.807) is 30.7 Å². The fourth-order valence-corrected chi connectivity index (χ4v) is 3.19. The highest BCUT2D eigenvalue weighted by Crippen LogP contribution is 2.29. The molecule has 2 aromatic rings. The second kappa shape index (κ2) is 7.45. The molecule has 1 unspecified atom stereocenters. The SMILES string of the molecule is C/C=C/Cn1c(=O)c2c(nc3n2C(C)C(C)=NN3CC(=O)OCC)n(C)c1=O. The van der Waals surface area contributed by atoms with E-state index in [0.717, 1.165) is 0 Å². The summed E-state index contributed by atoms with van der Waals surface area (Å²) in [6, 6.07) is -0.251. The number of hydrazone groups is 1. The fraction of sp³-hybridized carbons (Fsp3) is 0.500. The first kappa shape index (κ1) is 19.6. The first-order valence-electron chi connectivity index (χ1n) is 9.12. The minimum Gasteiger partial charge on any atom is -0.465 e. The molecule has 150 valence electrons. The van der Waals surface area contributed by atoms with E-state index < -0.39 is 17.2 Å². The number of nitrogens with zero attached hydrogens (tertiary/aromatic N) is 6. The highest BCUT2D eigenvalue weighted by Gasteiger charge is 2.31. The van der Waals surface area contributed by atoms with E-state index >= 15 is 0 Å². The summed E-state index contributed by atoms with van der Waals surface area (Å²) in [5.74, 6) is -0.122. The maximum absolute atomic E-state index is 13.1. The number of carbonyl (C=O) groups is 1. The van der Waals surface area contributed by atoms with Crippen molar-refractivity contribution in [3.05, 3.63) is 33.0 Å². The molecule has 1 aliphatic rings. The van der Waals surface area contributed by atoms with Crippen molar-refractivity contribution in [3.8, 4) is 0 Å². The number of rotatable bonds is 5. The van der Waals surface area contributed by atoms with Gasteiger partial charge in [0.2, 0.25) is 5.95 Å². The third-order valence-electron chi connectivity index (χ3n) is 4.77. The predicted molar refractivity (Wildman–Crippen MR) is 106 cm³/mol. The monoisotopic (exact) mass is 388 g/mol. The summed E-state index contributed by atoms with van der Waals surface area (Å²) < 4.78 is 9.25. The molecule has 0 N–H and O–H groups in total. The molecule has 2 aromatic heterocycles. The molecule has 0 bridgehead atoms. The molecular formula is C18H24N6O4. The van der Waals surface area contributed by atoms with Gasteiger partial charge in [0.05, 0.1) is 18.4 Å². The molecule has 0 amide bonds. The van der Waals surface area contributed by atoms with Crippen LogP contribution in [0.4, 0.5) is 5.95 Å². The standard InChI is InChI=1S/C18H24N6O4/c1-6-8-9-22-16(26)14-15(21(5)18(22)27)19-17-23(10-13(25)28-7-2)20-11(3)12(4)24(14)17/h6,8,12H,7,9-10H2,1-5H3/b8-6+. The van der Waals surface area contributed by atoms with Gasteiger partial charge in [-0.3, -0.25) is 23.3 Å². The molecule has 28 heavy (non-hydrogen) atoms. The van der Waals surface area contributed by atoms with Crippen LogP contribution in [0.15, 0.2) is 26.8 Å². The molecule has 0 saturated carbocycles. The average Bonchev–Trinajstić information content (AvgIpc) is 3.06. The summed E-state index contributed by atoms with van der Waals surface area (Å²) in [7, 11) is 1.57. The number of ether oxygens (including phenoxy) is 1. The van der Waals surface area contributed by atoms with E-state index in [1.807, 2.05) is 20.8 Å². The lowest BCUT2D eigenvalue weighted by molar-refractivity contribution is -0.141. The van der Waals surface area contributed by atoms with Crippen molar-refractivity contribution in [2.24, 2.45) is 12.1 Å². The summed E-state index contributed by atoms with van der Waals surface area (Å²) in [6.07, 6.45) is 3.52. The van der Waals surface area contributed by atoms with E-state index in [0.29, 0.717) is 17.2 Å². The largest absolute Gasteiger partial charge is 0.465 e. The average molecular weight is 388 g/mol. The summed E-state index contributed by atoms with van der Waals surface area (Å²) in [5.41, 5.74) is 0.398. The Labute approximate surface area is 161 Å². The van der Waals surface area contributed by atoms with Crippen molar-refractivity contribution < 1.29 is 9.53 Å². The number of allylic oxidation sites excluding steroid dienone is 2. The molecule has 0 spiro atoms. The van der Waals surface area contributed by atoms with Crippen molar-refractivity contribution in [1.29, 1.82) is 0 Å². The van der Waals surface area contributed by atoms with Crippen LogP contribution in [0.5, 0.6) is 0 Å². The third kappa shape index (κ3) is 3.04. The van der Waals surface area contributed by atoms with Crippen molar-refractivity contribution in [3.63, 3.8) is 0 Å². The van der Waals surface area contributed by atoms with Crippen molar-refractivity contribution in [1.82, 2.24) is 18.7 Å². The zero-order valence-corrected chi connectivity index (χ0v) is 16.7. The molecular weight excluding hydrogens is 364 g/mol. The smallest absolute Gasteiger partial charge is 0.332 e. The van der Waals surface area contributed by atoms with Crippen molar-refractivity contribution in [2.45, 2.75) is 40.3 Å². The molecule has 0 aliphatic carbocycles. The maximum atomic E-state index is 13.1. The zero-order valence-electron chi connectivity index (χ0n) is 16.7. The first-order chi connectivity index (χ1) is 13.3. The van der Waals surface area contributed by atoms with Crippen LogP contribution in [0.1, 0.15) is 33.7 Å². The molecule has 10 heteroatoms. The Kier molecular flexibility index (Phi) is 5.21. The molecule has 10 nitrogen and oxygen atoms in total. The summed E-state index contributed by atoms with van der Waals surface area (Å²) in [5, 5.41) is 5.84. The second-order valence-electron chi connectivity index (χ2n) is 6.56. The van der Waals surface area contributed by atoms with Crippen LogP contribution in [0.3, 0.4) is 0 Å². The van der Waals surface area contributed by atoms with Gasteiger partial charge in [0.25, 0.3) is 5.56 Å². The Morgan fingerprint density at radius 3 is 2.68 bits per heavy atom. The van der Waals surface area contributed by atoms with Crippen LogP contribution in [0.25, 0.3) is 11.2 Å². The number of anilines is 1. The number of aromatic nitrogens is 4. The molecule has 0 radical (unpaired) electrons. The predicted octanol–water partition coefficient (Wildman–Crippen LogP) is 0.793. The minimum absolute atomic E-state index is 0.137. The van der Waals surface area contributed by atoms with Crippen LogP contribution in [-0.2, 0) is 23.1 Å². The third-order valence-corrected chi connectivity index (χ3v) is 4.77. The Bertz CT molecular complexity index is 1100. The van der Waals surface area contributed by atoms with E-state index in [9.17, 15) is 14.4 Å². The van der Waals surface area contributed by atoms with Crippen molar-refractivity contribution in [2.75, 3.05) is 18.2 Å². The van der Waals surface area contributed by atoms with Gasteiger partial charge in [-0.05, 0) is 27.7 Å². The lowest BCUT2D eigenvalue weighted by Crippen LogP contribution is -2.40. The van der Waals surface area contributed by atoms with E-state index in [2.05, 4.69) is 10.1 Å². The van der Waals surface area contributed by atoms with E-state index in [1.165, 1.54) is 14.1 Å². The van der Waals surface area contributed by atoms with Gasteiger partial charge in [-0.2, -0.15) is 10.1 Å². The molecule has 0 fully saturated rings. The molecule has 0 saturated heterocycles. The van der Waals surface area contributed by atoms with Gasteiger partial charge in [-0.25, -0.2) is 9.80 Å². The quantitative estimate of drug-likeness (QED) is 0.554. The highest BCUT2D eigenvalue weighted by molar-refractivity contribution is 5.92. The van der Waals surface area contributed by atoms with Gasteiger partial charge in [0, 0.05) is 13.6 Å². The maximum Gasteiger partial charge on any atom is 0.332 e. The molecule has 1 atom stereocenters. The lowest BCUT2D eigenvalue weighted by atomic mass is 10.2. The topological polar surface area (TPSA) is 104 Å². The van der Waals surface area contributed by atoms with Crippen LogP contribution in [-0.4, -0.2) is 43.5 Å². The van der Waals surface area contributed by atoms with Crippen LogP contribution in [0, 0.1) is 0 Å².